The molecule has 0 aliphatic heterocycles. The van der Waals surface area contributed by atoms with Gasteiger partial charge in [0.15, 0.2) is 0 Å². The summed E-state index contributed by atoms with van der Waals surface area (Å²) in [7, 11) is 1.69. The minimum atomic E-state index is 0.0604. The largest absolute Gasteiger partial charge is 0.496 e. The van der Waals surface area contributed by atoms with E-state index in [2.05, 4.69) is 18.4 Å². The monoisotopic (exact) mass is 252 g/mol. The number of methoxy groups -OCH3 is 1. The molecule has 18 heavy (non-hydrogen) atoms. The van der Waals surface area contributed by atoms with Crippen LogP contribution in [0.5, 0.6) is 5.75 Å². The Kier molecular flexibility index (Phi) is 6.12. The summed E-state index contributed by atoms with van der Waals surface area (Å²) in [6.07, 6.45) is 0.841. The molecule has 0 radical (unpaired) electrons. The summed E-state index contributed by atoms with van der Waals surface area (Å²) in [6.45, 7) is 6.76. The molecule has 102 valence electrons. The second-order valence-electron chi connectivity index (χ2n) is 4.45. The van der Waals surface area contributed by atoms with Crippen LogP contribution in [0.3, 0.4) is 0 Å². The third kappa shape index (κ3) is 3.98. The second-order valence-corrected chi connectivity index (χ2v) is 4.45. The molecule has 0 saturated carbocycles. The third-order valence-corrected chi connectivity index (χ3v) is 3.09. The average molecular weight is 252 g/mol. The molecule has 0 aliphatic carbocycles. The summed E-state index contributed by atoms with van der Waals surface area (Å²) >= 11 is 0. The normalized spacial score (nSPS) is 14.3. The Balaban J connectivity index is 2.83. The van der Waals surface area contributed by atoms with E-state index in [1.807, 2.05) is 26.0 Å². The van der Waals surface area contributed by atoms with Gasteiger partial charge < -0.3 is 9.47 Å². The van der Waals surface area contributed by atoms with Crippen molar-refractivity contribution in [2.24, 2.45) is 5.84 Å². The molecule has 0 aromatic heterocycles. The first-order valence-corrected chi connectivity index (χ1v) is 6.33. The molecule has 3 N–H and O–H groups in total. The summed E-state index contributed by atoms with van der Waals surface area (Å²) in [4.78, 5) is 0. The molecule has 4 nitrogen and oxygen atoms in total. The van der Waals surface area contributed by atoms with Crippen LogP contribution < -0.4 is 16.0 Å². The lowest BCUT2D eigenvalue weighted by molar-refractivity contribution is 0.0475. The van der Waals surface area contributed by atoms with Crippen LogP contribution in [-0.2, 0) is 11.2 Å². The number of rotatable bonds is 7. The van der Waals surface area contributed by atoms with Gasteiger partial charge in [0, 0.05) is 6.61 Å². The van der Waals surface area contributed by atoms with Gasteiger partial charge in [-0.1, -0.05) is 17.7 Å². The zero-order valence-corrected chi connectivity index (χ0v) is 11.7. The van der Waals surface area contributed by atoms with Crippen molar-refractivity contribution in [3.8, 4) is 5.75 Å². The van der Waals surface area contributed by atoms with E-state index >= 15 is 0 Å². The van der Waals surface area contributed by atoms with Crippen LogP contribution in [0.1, 0.15) is 25.0 Å². The van der Waals surface area contributed by atoms with Gasteiger partial charge in [0.1, 0.15) is 5.75 Å². The van der Waals surface area contributed by atoms with E-state index in [-0.39, 0.29) is 12.1 Å². The van der Waals surface area contributed by atoms with Gasteiger partial charge in [0.25, 0.3) is 0 Å². The maximum absolute atomic E-state index is 5.61. The number of ether oxygens (including phenoxy) is 2. The predicted molar refractivity (Wildman–Crippen MR) is 73.6 cm³/mol. The van der Waals surface area contributed by atoms with Crippen LogP contribution >= 0.6 is 0 Å². The number of hydrazine groups is 1. The lowest BCUT2D eigenvalue weighted by atomic mass is 10.00. The lowest BCUT2D eigenvalue weighted by Crippen LogP contribution is -2.45. The van der Waals surface area contributed by atoms with Crippen LogP contribution in [-0.4, -0.2) is 25.9 Å². The van der Waals surface area contributed by atoms with Crippen LogP contribution in [0.25, 0.3) is 0 Å². The molecule has 0 amide bonds. The van der Waals surface area contributed by atoms with Crippen LogP contribution in [0, 0.1) is 6.92 Å². The first-order valence-electron chi connectivity index (χ1n) is 6.33. The summed E-state index contributed by atoms with van der Waals surface area (Å²) < 4.78 is 11.0. The van der Waals surface area contributed by atoms with Gasteiger partial charge in [0.2, 0.25) is 0 Å². The molecule has 4 heteroatoms. The third-order valence-electron chi connectivity index (χ3n) is 3.09. The topological polar surface area (TPSA) is 56.5 Å². The summed E-state index contributed by atoms with van der Waals surface area (Å²) in [5.74, 6) is 6.50. The molecule has 2 atom stereocenters. The van der Waals surface area contributed by atoms with Crippen molar-refractivity contribution in [2.45, 2.75) is 39.3 Å². The maximum atomic E-state index is 5.61. The maximum Gasteiger partial charge on any atom is 0.122 e. The van der Waals surface area contributed by atoms with Gasteiger partial charge in [-0.05, 0) is 38.8 Å². The first kappa shape index (κ1) is 15.0. The van der Waals surface area contributed by atoms with E-state index in [9.17, 15) is 0 Å². The van der Waals surface area contributed by atoms with Crippen LogP contribution in [0.2, 0.25) is 0 Å². The fourth-order valence-corrected chi connectivity index (χ4v) is 2.04. The molecule has 1 aromatic carbocycles. The van der Waals surface area contributed by atoms with Crippen molar-refractivity contribution in [1.29, 1.82) is 0 Å². The molecule has 0 bridgehead atoms. The predicted octanol–water partition coefficient (Wildman–Crippen LogP) is 1.80. The van der Waals surface area contributed by atoms with E-state index < -0.39 is 0 Å². The van der Waals surface area contributed by atoms with Gasteiger partial charge in [-0.2, -0.15) is 0 Å². The Hall–Kier alpha value is -1.10. The highest BCUT2D eigenvalue weighted by molar-refractivity contribution is 5.37. The molecule has 1 rings (SSSR count). The summed E-state index contributed by atoms with van der Waals surface area (Å²) in [5, 5.41) is 0. The fraction of sp³-hybridized carbons (Fsp3) is 0.571. The zero-order valence-electron chi connectivity index (χ0n) is 11.7. The summed E-state index contributed by atoms with van der Waals surface area (Å²) in [6, 6.07) is 6.23. The molecule has 0 fully saturated rings. The fourth-order valence-electron chi connectivity index (χ4n) is 2.04. The molecule has 2 unspecified atom stereocenters. The minimum Gasteiger partial charge on any atom is -0.496 e. The van der Waals surface area contributed by atoms with Crippen LogP contribution in [0.15, 0.2) is 18.2 Å². The first-order chi connectivity index (χ1) is 8.62. The zero-order chi connectivity index (χ0) is 13.5. The Morgan fingerprint density at radius 1 is 1.39 bits per heavy atom. The molecule has 0 saturated heterocycles. The number of nitrogens with one attached hydrogen (secondary N) is 1. The number of benzene rings is 1. The molecule has 0 heterocycles. The highest BCUT2D eigenvalue weighted by Gasteiger charge is 2.18. The Morgan fingerprint density at radius 2 is 2.11 bits per heavy atom. The Bertz CT molecular complexity index is 369. The van der Waals surface area contributed by atoms with Crippen molar-refractivity contribution >= 4 is 0 Å². The number of hydrogen-bond acceptors (Lipinski definition) is 4. The van der Waals surface area contributed by atoms with Gasteiger partial charge in [-0.25, -0.2) is 0 Å². The molecule has 0 spiro atoms. The standard InChI is InChI=1S/C14H24N2O2/c1-5-18-11(3)13(16-15)9-12-8-10(2)6-7-14(12)17-4/h6-8,11,13,16H,5,9,15H2,1-4H3. The molecular formula is C14H24N2O2. The Labute approximate surface area is 109 Å². The van der Waals surface area contributed by atoms with E-state index in [0.717, 1.165) is 17.7 Å². The van der Waals surface area contributed by atoms with Crippen molar-refractivity contribution < 1.29 is 9.47 Å². The highest BCUT2D eigenvalue weighted by Crippen LogP contribution is 2.22. The van der Waals surface area contributed by atoms with Crippen LogP contribution in [0.4, 0.5) is 0 Å². The SMILES string of the molecule is CCOC(C)C(Cc1cc(C)ccc1OC)NN. The van der Waals surface area contributed by atoms with E-state index in [1.54, 1.807) is 7.11 Å². The summed E-state index contributed by atoms with van der Waals surface area (Å²) in [5.41, 5.74) is 5.18. The van der Waals surface area contributed by atoms with Gasteiger partial charge in [-0.3, -0.25) is 11.3 Å². The van der Waals surface area contributed by atoms with Crippen molar-refractivity contribution in [1.82, 2.24) is 5.43 Å². The van der Waals surface area contributed by atoms with Gasteiger partial charge in [0.05, 0.1) is 19.3 Å². The van der Waals surface area contributed by atoms with Crippen molar-refractivity contribution in [3.05, 3.63) is 29.3 Å². The van der Waals surface area contributed by atoms with E-state index in [1.165, 1.54) is 5.56 Å². The molecule has 1 aromatic rings. The van der Waals surface area contributed by atoms with E-state index in [0.29, 0.717) is 6.61 Å². The lowest BCUT2D eigenvalue weighted by Gasteiger charge is -2.24. The van der Waals surface area contributed by atoms with Crippen molar-refractivity contribution in [2.75, 3.05) is 13.7 Å². The van der Waals surface area contributed by atoms with Crippen molar-refractivity contribution in [3.63, 3.8) is 0 Å². The molecule has 0 aliphatic rings. The van der Waals surface area contributed by atoms with Gasteiger partial charge >= 0.3 is 0 Å². The Morgan fingerprint density at radius 3 is 2.67 bits per heavy atom. The highest BCUT2D eigenvalue weighted by atomic mass is 16.5. The van der Waals surface area contributed by atoms with E-state index in [4.69, 9.17) is 15.3 Å². The minimum absolute atomic E-state index is 0.0604. The second kappa shape index (κ2) is 7.36. The van der Waals surface area contributed by atoms with Gasteiger partial charge in [-0.15, -0.1) is 0 Å². The average Bonchev–Trinajstić information content (AvgIpc) is 2.36. The number of hydrogen-bond donors (Lipinski definition) is 2. The molecular weight excluding hydrogens is 228 g/mol. The quantitative estimate of drug-likeness (QED) is 0.574. The number of aryl methyl sites for hydroxylation is 1. The smallest absolute Gasteiger partial charge is 0.122 e. The number of nitrogens with two attached hydrogens (primary N) is 1.